The van der Waals surface area contributed by atoms with E-state index >= 15 is 0 Å². The first kappa shape index (κ1) is 28.0. The normalized spacial score (nSPS) is 11.0. The molecule has 3 aromatic carbocycles. The van der Waals surface area contributed by atoms with Gasteiger partial charge in [0.15, 0.2) is 0 Å². The number of fused-ring (bicyclic) bond motifs is 1. The number of hydrogen-bond acceptors (Lipinski definition) is 5. The molecule has 0 saturated carbocycles. The molecule has 39 heavy (non-hydrogen) atoms. The summed E-state index contributed by atoms with van der Waals surface area (Å²) < 4.78 is 11.3. The van der Waals surface area contributed by atoms with Gasteiger partial charge in [0.1, 0.15) is 23.6 Å². The molecule has 0 radical (unpaired) electrons. The topological polar surface area (TPSA) is 80.8 Å². The molecule has 0 aliphatic carbocycles. The molecule has 1 heterocycles. The van der Waals surface area contributed by atoms with Gasteiger partial charge in [-0.2, -0.15) is 0 Å². The van der Waals surface area contributed by atoms with E-state index < -0.39 is 5.91 Å². The fourth-order valence-electron chi connectivity index (χ4n) is 3.90. The number of amides is 2. The van der Waals surface area contributed by atoms with Gasteiger partial charge < -0.3 is 19.7 Å². The molecule has 200 valence electrons. The summed E-state index contributed by atoms with van der Waals surface area (Å²) in [4.78, 5) is 31.1. The fraction of sp³-hybridized carbons (Fsp3) is 0.167. The second kappa shape index (κ2) is 12.7. The van der Waals surface area contributed by atoms with Gasteiger partial charge in [-0.05, 0) is 43.3 Å². The number of anilines is 1. The number of benzene rings is 3. The Hall–Kier alpha value is -4.07. The molecule has 4 aromatic rings. The van der Waals surface area contributed by atoms with Gasteiger partial charge in [0.2, 0.25) is 11.8 Å². The van der Waals surface area contributed by atoms with E-state index in [4.69, 9.17) is 32.7 Å². The van der Waals surface area contributed by atoms with Crippen LogP contribution in [0.15, 0.2) is 72.8 Å². The maximum Gasteiger partial charge on any atom is 0.246 e. The zero-order valence-electron chi connectivity index (χ0n) is 21.7. The zero-order chi connectivity index (χ0) is 27.9. The minimum absolute atomic E-state index is 0.0761. The molecule has 0 aliphatic heterocycles. The summed E-state index contributed by atoms with van der Waals surface area (Å²) in [7, 11) is 3.14. The number of nitrogens with one attached hydrogen (secondary N) is 1. The third-order valence-electron chi connectivity index (χ3n) is 6.06. The first-order chi connectivity index (χ1) is 18.8. The third-order valence-corrected chi connectivity index (χ3v) is 6.84. The number of methoxy groups -OCH3 is 1. The van der Waals surface area contributed by atoms with Crippen molar-refractivity contribution in [1.82, 2.24) is 10.3 Å². The zero-order valence-corrected chi connectivity index (χ0v) is 23.2. The molecule has 7 nitrogen and oxygen atoms in total. The van der Waals surface area contributed by atoms with Gasteiger partial charge in [0.25, 0.3) is 0 Å². The van der Waals surface area contributed by atoms with Crippen LogP contribution in [0.1, 0.15) is 16.8 Å². The second-order valence-electron chi connectivity index (χ2n) is 8.67. The Balaban J connectivity index is 1.43. The summed E-state index contributed by atoms with van der Waals surface area (Å²) in [6.07, 6.45) is 2.97. The van der Waals surface area contributed by atoms with E-state index in [9.17, 15) is 9.59 Å². The van der Waals surface area contributed by atoms with Gasteiger partial charge >= 0.3 is 0 Å². The van der Waals surface area contributed by atoms with Crippen molar-refractivity contribution < 1.29 is 19.1 Å². The van der Waals surface area contributed by atoms with Crippen molar-refractivity contribution in [1.29, 1.82) is 0 Å². The molecule has 0 spiro atoms. The van der Waals surface area contributed by atoms with E-state index in [1.807, 2.05) is 55.5 Å². The van der Waals surface area contributed by atoms with Crippen LogP contribution in [0.5, 0.6) is 11.5 Å². The van der Waals surface area contributed by atoms with Crippen molar-refractivity contribution in [3.63, 3.8) is 0 Å². The Morgan fingerprint density at radius 2 is 1.77 bits per heavy atom. The molecule has 2 amide bonds. The van der Waals surface area contributed by atoms with E-state index in [-0.39, 0.29) is 24.1 Å². The van der Waals surface area contributed by atoms with E-state index in [1.54, 1.807) is 38.4 Å². The van der Waals surface area contributed by atoms with Crippen molar-refractivity contribution in [2.45, 2.75) is 13.5 Å². The highest BCUT2D eigenvalue weighted by atomic mass is 35.5. The van der Waals surface area contributed by atoms with Gasteiger partial charge in [0, 0.05) is 40.4 Å². The van der Waals surface area contributed by atoms with Gasteiger partial charge in [-0.3, -0.25) is 9.59 Å². The van der Waals surface area contributed by atoms with Crippen LogP contribution in [-0.4, -0.2) is 37.5 Å². The Labute approximate surface area is 237 Å². The quantitative estimate of drug-likeness (QED) is 0.244. The highest BCUT2D eigenvalue weighted by Gasteiger charge is 2.19. The lowest BCUT2D eigenvalue weighted by atomic mass is 10.1. The number of aromatic nitrogens is 1. The Morgan fingerprint density at radius 1 is 1.00 bits per heavy atom. The summed E-state index contributed by atoms with van der Waals surface area (Å²) >= 11 is 13.1. The summed E-state index contributed by atoms with van der Waals surface area (Å²) in [6.45, 7) is 1.77. The van der Waals surface area contributed by atoms with Gasteiger partial charge in [0.05, 0.1) is 24.4 Å². The summed E-state index contributed by atoms with van der Waals surface area (Å²) in [6, 6.07) is 20.2. The van der Waals surface area contributed by atoms with Crippen LogP contribution in [0.3, 0.4) is 0 Å². The van der Waals surface area contributed by atoms with Crippen LogP contribution >= 0.6 is 23.2 Å². The number of pyridine rings is 1. The van der Waals surface area contributed by atoms with Crippen LogP contribution in [0.4, 0.5) is 5.69 Å². The lowest BCUT2D eigenvalue weighted by Gasteiger charge is -2.21. The van der Waals surface area contributed by atoms with E-state index in [1.165, 1.54) is 11.0 Å². The van der Waals surface area contributed by atoms with Gasteiger partial charge in [-0.1, -0.05) is 59.6 Å². The van der Waals surface area contributed by atoms with Crippen LogP contribution in [-0.2, 0) is 16.2 Å². The lowest BCUT2D eigenvalue weighted by molar-refractivity contribution is -0.122. The SMILES string of the molecule is COc1ccccc1/C=C/C(=O)NCC(=O)N(C)c1ccc(Cl)c(COc2cccc3ccc(C)nc23)c1Cl. The van der Waals surface area contributed by atoms with Crippen LogP contribution < -0.4 is 19.7 Å². The predicted molar refractivity (Wildman–Crippen MR) is 156 cm³/mol. The maximum absolute atomic E-state index is 12.9. The minimum atomic E-state index is -0.419. The molecule has 9 heteroatoms. The van der Waals surface area contributed by atoms with Gasteiger partial charge in [-0.15, -0.1) is 0 Å². The highest BCUT2D eigenvalue weighted by molar-refractivity contribution is 6.38. The van der Waals surface area contributed by atoms with Gasteiger partial charge in [-0.25, -0.2) is 4.98 Å². The monoisotopic (exact) mass is 563 g/mol. The molecule has 0 atom stereocenters. The number of aryl methyl sites for hydroxylation is 1. The number of likely N-dealkylation sites (N-methyl/N-ethyl adjacent to an activating group) is 1. The molecular weight excluding hydrogens is 537 g/mol. The number of nitrogens with zero attached hydrogens (tertiary/aromatic N) is 2. The standard InChI is InChI=1S/C30H27Cl2N3O4/c1-19-11-12-21-8-6-10-26(30(21)34-19)39-18-22-23(31)14-15-24(29(22)32)35(2)28(37)17-33-27(36)16-13-20-7-4-5-9-25(20)38-3/h4-16H,17-18H2,1-3H3,(H,33,36)/b16-13+. The number of rotatable bonds is 9. The Kier molecular flexibility index (Phi) is 9.07. The average Bonchev–Trinajstić information content (AvgIpc) is 2.94. The third kappa shape index (κ3) is 6.69. The number of halogens is 2. The predicted octanol–water partition coefficient (Wildman–Crippen LogP) is 6.23. The number of carbonyl (C=O) groups is 2. The first-order valence-corrected chi connectivity index (χ1v) is 12.9. The van der Waals surface area contributed by atoms with Crippen molar-refractivity contribution >= 4 is 57.7 Å². The number of carbonyl (C=O) groups excluding carboxylic acids is 2. The molecule has 1 aromatic heterocycles. The van der Waals surface area contributed by atoms with Crippen LogP contribution in [0, 0.1) is 6.92 Å². The average molecular weight is 564 g/mol. The summed E-state index contributed by atoms with van der Waals surface area (Å²) in [5.41, 5.74) is 3.33. The smallest absolute Gasteiger partial charge is 0.246 e. The molecule has 0 fully saturated rings. The largest absolute Gasteiger partial charge is 0.496 e. The van der Waals surface area contributed by atoms with Crippen molar-refractivity contribution in [3.8, 4) is 11.5 Å². The molecule has 1 N–H and O–H groups in total. The molecule has 0 saturated heterocycles. The molecule has 4 rings (SSSR count). The van der Waals surface area contributed by atoms with E-state index in [0.29, 0.717) is 27.8 Å². The van der Waals surface area contributed by atoms with Crippen molar-refractivity contribution in [2.75, 3.05) is 25.6 Å². The Morgan fingerprint density at radius 3 is 2.56 bits per heavy atom. The van der Waals surface area contributed by atoms with Crippen LogP contribution in [0.25, 0.3) is 17.0 Å². The minimum Gasteiger partial charge on any atom is -0.496 e. The first-order valence-electron chi connectivity index (χ1n) is 12.1. The molecule has 0 unspecified atom stereocenters. The van der Waals surface area contributed by atoms with Crippen molar-refractivity contribution in [2.24, 2.45) is 0 Å². The van der Waals surface area contributed by atoms with Crippen molar-refractivity contribution in [3.05, 3.63) is 99.7 Å². The maximum atomic E-state index is 12.9. The molecule has 0 bridgehead atoms. The van der Waals surface area contributed by atoms with E-state index in [2.05, 4.69) is 10.3 Å². The summed E-state index contributed by atoms with van der Waals surface area (Å²) in [5, 5.41) is 4.24. The molecule has 0 aliphatic rings. The number of para-hydroxylation sites is 2. The van der Waals surface area contributed by atoms with Crippen LogP contribution in [0.2, 0.25) is 10.0 Å². The van der Waals surface area contributed by atoms with E-state index in [0.717, 1.165) is 22.2 Å². The Bertz CT molecular complexity index is 1560. The lowest BCUT2D eigenvalue weighted by Crippen LogP contribution is -2.37. The second-order valence-corrected chi connectivity index (χ2v) is 9.46. The summed E-state index contributed by atoms with van der Waals surface area (Å²) in [5.74, 6) is 0.458. The number of ether oxygens (including phenoxy) is 2. The fourth-order valence-corrected chi connectivity index (χ4v) is 4.51. The molecular formula is C30H27Cl2N3O4. The highest BCUT2D eigenvalue weighted by Crippen LogP contribution is 2.35. The number of hydrogen-bond donors (Lipinski definition) is 1.